The van der Waals surface area contributed by atoms with E-state index < -0.39 is 26.9 Å². The fourth-order valence-electron chi connectivity index (χ4n) is 3.42. The van der Waals surface area contributed by atoms with Crippen LogP contribution in [-0.2, 0) is 16.3 Å². The Morgan fingerprint density at radius 1 is 1.22 bits per heavy atom. The molecule has 0 saturated heterocycles. The summed E-state index contributed by atoms with van der Waals surface area (Å²) < 4.78 is 25.1. The zero-order valence-electron chi connectivity index (χ0n) is 14.4. The van der Waals surface area contributed by atoms with Crippen LogP contribution in [0, 0.1) is 0 Å². The molecule has 1 fully saturated rings. The third-order valence-electron chi connectivity index (χ3n) is 4.94. The van der Waals surface area contributed by atoms with Crippen molar-refractivity contribution in [3.63, 3.8) is 0 Å². The Balaban J connectivity index is 1.54. The van der Waals surface area contributed by atoms with Gasteiger partial charge in [-0.2, -0.15) is 0 Å². The third-order valence-corrected chi connectivity index (χ3v) is 8.69. The van der Waals surface area contributed by atoms with Gasteiger partial charge in [-0.1, -0.05) is 11.6 Å². The largest absolute Gasteiger partial charge is 0.504 e. The maximum atomic E-state index is 12.5. The molecule has 1 aromatic carbocycles. The maximum Gasteiger partial charge on any atom is 0.319 e. The smallest absolute Gasteiger partial charge is 0.319 e. The number of thiophene rings is 1. The number of anilines is 1. The van der Waals surface area contributed by atoms with Crippen molar-refractivity contribution < 1.29 is 18.3 Å². The van der Waals surface area contributed by atoms with Gasteiger partial charge in [0.05, 0.1) is 22.0 Å². The minimum absolute atomic E-state index is 0.0254. The first-order valence-electron chi connectivity index (χ1n) is 8.77. The van der Waals surface area contributed by atoms with Crippen LogP contribution in [0.25, 0.3) is 0 Å². The predicted octanol–water partition coefficient (Wildman–Crippen LogP) is 4.24. The summed E-state index contributed by atoms with van der Waals surface area (Å²) in [5, 5.41) is 17.4. The van der Waals surface area contributed by atoms with E-state index in [0.29, 0.717) is 12.8 Å². The van der Waals surface area contributed by atoms with Crippen molar-refractivity contribution in [3.8, 4) is 5.75 Å². The van der Waals surface area contributed by atoms with Crippen LogP contribution in [0.15, 0.2) is 28.5 Å². The molecule has 2 amide bonds. The number of hydrogen-bond acceptors (Lipinski definition) is 5. The lowest BCUT2D eigenvalue weighted by molar-refractivity contribution is 0.247. The zero-order valence-corrected chi connectivity index (χ0v) is 16.8. The fourth-order valence-corrected chi connectivity index (χ4v) is 6.69. The number of halogens is 1. The van der Waals surface area contributed by atoms with Gasteiger partial charge < -0.3 is 15.7 Å². The number of carbonyl (C=O) groups is 1. The molecule has 3 N–H and O–H groups in total. The van der Waals surface area contributed by atoms with Crippen molar-refractivity contribution in [1.82, 2.24) is 5.32 Å². The monoisotopic (exact) mass is 426 g/mol. The molecule has 9 heteroatoms. The van der Waals surface area contributed by atoms with E-state index in [1.165, 1.54) is 17.0 Å². The van der Waals surface area contributed by atoms with Crippen molar-refractivity contribution >= 4 is 44.5 Å². The highest BCUT2D eigenvalue weighted by molar-refractivity contribution is 7.92. The SMILES string of the molecule is O=C(Nc1ccc(Cl)c(S(=O)(=O)C2CC2)c1O)N[C@@H]1CCCc2sccc21. The van der Waals surface area contributed by atoms with Crippen LogP contribution in [0.5, 0.6) is 5.75 Å². The molecule has 27 heavy (non-hydrogen) atoms. The second kappa shape index (κ2) is 7.00. The molecule has 0 unspecified atom stereocenters. The maximum absolute atomic E-state index is 12.5. The normalized spacial score (nSPS) is 19.4. The summed E-state index contributed by atoms with van der Waals surface area (Å²) in [5.74, 6) is -0.510. The molecule has 6 nitrogen and oxygen atoms in total. The summed E-state index contributed by atoms with van der Waals surface area (Å²) >= 11 is 7.71. The van der Waals surface area contributed by atoms with Gasteiger partial charge in [-0.25, -0.2) is 13.2 Å². The first kappa shape index (κ1) is 18.6. The number of phenolic OH excluding ortho intramolecular Hbond substituents is 1. The number of fused-ring (bicyclic) bond motifs is 1. The summed E-state index contributed by atoms with van der Waals surface area (Å²) in [6, 6.07) is 4.21. The van der Waals surface area contributed by atoms with Gasteiger partial charge >= 0.3 is 6.03 Å². The zero-order chi connectivity index (χ0) is 19.2. The summed E-state index contributed by atoms with van der Waals surface area (Å²) in [7, 11) is -3.70. The van der Waals surface area contributed by atoms with Crippen LogP contribution in [0.3, 0.4) is 0 Å². The predicted molar refractivity (Wildman–Crippen MR) is 105 cm³/mol. The second-order valence-electron chi connectivity index (χ2n) is 6.86. The summed E-state index contributed by atoms with van der Waals surface area (Å²) in [4.78, 5) is 13.4. The van der Waals surface area contributed by atoms with E-state index in [1.807, 2.05) is 11.4 Å². The minimum atomic E-state index is -3.70. The molecule has 1 aromatic heterocycles. The highest BCUT2D eigenvalue weighted by atomic mass is 35.5. The Labute approximate surface area is 166 Å². The number of aromatic hydroxyl groups is 1. The number of amides is 2. The Bertz CT molecular complexity index is 999. The minimum Gasteiger partial charge on any atom is -0.504 e. The molecular formula is C18H19ClN2O4S2. The number of aryl methyl sites for hydroxylation is 1. The fraction of sp³-hybridized carbons (Fsp3) is 0.389. The van der Waals surface area contributed by atoms with Gasteiger partial charge in [0.1, 0.15) is 4.90 Å². The molecule has 144 valence electrons. The van der Waals surface area contributed by atoms with Crippen LogP contribution in [0.1, 0.15) is 42.2 Å². The second-order valence-corrected chi connectivity index (χ2v) is 10.4. The molecule has 1 atom stereocenters. The van der Waals surface area contributed by atoms with Crippen LogP contribution >= 0.6 is 22.9 Å². The average molecular weight is 427 g/mol. The first-order chi connectivity index (χ1) is 12.9. The molecule has 0 bridgehead atoms. The van der Waals surface area contributed by atoms with Crippen LogP contribution in [0.2, 0.25) is 5.02 Å². The van der Waals surface area contributed by atoms with Crippen LogP contribution in [0.4, 0.5) is 10.5 Å². The van der Waals surface area contributed by atoms with Crippen molar-refractivity contribution in [1.29, 1.82) is 0 Å². The lowest BCUT2D eigenvalue weighted by atomic mass is 9.94. The molecule has 2 aliphatic rings. The third kappa shape index (κ3) is 3.53. The number of carbonyl (C=O) groups excluding carboxylic acids is 1. The molecule has 1 saturated carbocycles. The van der Waals surface area contributed by atoms with Gasteiger partial charge in [0.15, 0.2) is 15.6 Å². The quantitative estimate of drug-likeness (QED) is 0.637. The molecule has 0 radical (unpaired) electrons. The summed E-state index contributed by atoms with van der Waals surface area (Å²) in [6.07, 6.45) is 3.97. The van der Waals surface area contributed by atoms with Crippen molar-refractivity contribution in [2.24, 2.45) is 0 Å². The number of benzene rings is 1. The number of phenols is 1. The number of rotatable bonds is 4. The highest BCUT2D eigenvalue weighted by Gasteiger charge is 2.40. The summed E-state index contributed by atoms with van der Waals surface area (Å²) in [5.41, 5.74) is 1.15. The summed E-state index contributed by atoms with van der Waals surface area (Å²) in [6.45, 7) is 0. The molecule has 4 rings (SSSR count). The van der Waals surface area contributed by atoms with Gasteiger partial charge in [0, 0.05) is 4.88 Å². The standard InChI is InChI=1S/C18H19ClN2O4S2/c19-12-6-7-14(16(22)17(12)27(24,25)10-4-5-10)21-18(23)20-13-2-1-3-15-11(13)8-9-26-15/h6-10,13,22H,1-5H2,(H2,20,21,23)/t13-/m1/s1. The number of sulfone groups is 1. The van der Waals surface area contributed by atoms with Crippen molar-refractivity contribution in [2.45, 2.75) is 48.3 Å². The van der Waals surface area contributed by atoms with E-state index in [0.717, 1.165) is 24.8 Å². The van der Waals surface area contributed by atoms with Crippen LogP contribution < -0.4 is 10.6 Å². The van der Waals surface area contributed by atoms with E-state index in [4.69, 9.17) is 11.6 Å². The topological polar surface area (TPSA) is 95.5 Å². The Kier molecular flexibility index (Phi) is 4.82. The number of nitrogens with one attached hydrogen (secondary N) is 2. The molecule has 0 aliphatic heterocycles. The van der Waals surface area contributed by atoms with Gasteiger partial charge in [-0.3, -0.25) is 0 Å². The van der Waals surface area contributed by atoms with E-state index in [9.17, 15) is 18.3 Å². The van der Waals surface area contributed by atoms with Crippen molar-refractivity contribution in [3.05, 3.63) is 39.0 Å². The molecule has 0 spiro atoms. The van der Waals surface area contributed by atoms with E-state index in [-0.39, 0.29) is 21.6 Å². The Morgan fingerprint density at radius 2 is 2.00 bits per heavy atom. The molecule has 1 heterocycles. The lowest BCUT2D eigenvalue weighted by Gasteiger charge is -2.24. The first-order valence-corrected chi connectivity index (χ1v) is 11.6. The van der Waals surface area contributed by atoms with Gasteiger partial charge in [0.25, 0.3) is 0 Å². The van der Waals surface area contributed by atoms with E-state index in [1.54, 1.807) is 11.3 Å². The lowest BCUT2D eigenvalue weighted by Crippen LogP contribution is -2.34. The van der Waals surface area contributed by atoms with Gasteiger partial charge in [0.2, 0.25) is 0 Å². The molecule has 2 aliphatic carbocycles. The Morgan fingerprint density at radius 3 is 2.74 bits per heavy atom. The average Bonchev–Trinajstić information content (AvgIpc) is 3.36. The number of urea groups is 1. The highest BCUT2D eigenvalue weighted by Crippen LogP contribution is 2.43. The molecule has 2 aromatic rings. The van der Waals surface area contributed by atoms with Crippen LogP contribution in [-0.4, -0.2) is 24.8 Å². The van der Waals surface area contributed by atoms with E-state index >= 15 is 0 Å². The van der Waals surface area contributed by atoms with Crippen molar-refractivity contribution in [2.75, 3.05) is 5.32 Å². The van der Waals surface area contributed by atoms with Gasteiger partial charge in [-0.15, -0.1) is 11.3 Å². The van der Waals surface area contributed by atoms with E-state index in [2.05, 4.69) is 10.6 Å². The van der Waals surface area contributed by atoms with Gasteiger partial charge in [-0.05, 0) is 61.2 Å². The number of hydrogen-bond donors (Lipinski definition) is 3. The Hall–Kier alpha value is -1.77. The molecular weight excluding hydrogens is 408 g/mol.